The highest BCUT2D eigenvalue weighted by atomic mass is 35.5. The molecule has 1 heterocycles. The summed E-state index contributed by atoms with van der Waals surface area (Å²) in [7, 11) is -3.93. The standard InChI is InChI=1S/C15H15ClFNO4S/c16-12-8-11(5-6-13(12)17)23(20,21)18-9-15(19,10-3-4-10)14-2-1-7-22-14/h1-2,5-8,10,18-19H,3-4,9H2/t15-/m1/s1. The topological polar surface area (TPSA) is 79.5 Å². The summed E-state index contributed by atoms with van der Waals surface area (Å²) in [5.41, 5.74) is -1.40. The van der Waals surface area contributed by atoms with Gasteiger partial charge < -0.3 is 9.52 Å². The molecule has 23 heavy (non-hydrogen) atoms. The zero-order valence-corrected chi connectivity index (χ0v) is 13.6. The van der Waals surface area contributed by atoms with Crippen molar-refractivity contribution in [3.05, 3.63) is 53.2 Å². The van der Waals surface area contributed by atoms with E-state index >= 15 is 0 Å². The Morgan fingerprint density at radius 1 is 1.39 bits per heavy atom. The summed E-state index contributed by atoms with van der Waals surface area (Å²) in [6.07, 6.45) is 3.01. The minimum atomic E-state index is -3.93. The molecule has 124 valence electrons. The second-order valence-electron chi connectivity index (χ2n) is 5.58. The minimum Gasteiger partial charge on any atom is -0.466 e. The molecule has 1 aromatic carbocycles. The van der Waals surface area contributed by atoms with Crippen molar-refractivity contribution in [3.63, 3.8) is 0 Å². The number of halogens is 2. The van der Waals surface area contributed by atoms with Gasteiger partial charge >= 0.3 is 0 Å². The molecule has 3 rings (SSSR count). The van der Waals surface area contributed by atoms with Gasteiger partial charge in [0.2, 0.25) is 10.0 Å². The molecular weight excluding hydrogens is 345 g/mol. The fourth-order valence-corrected chi connectivity index (χ4v) is 3.79. The lowest BCUT2D eigenvalue weighted by molar-refractivity contribution is -0.00224. The summed E-state index contributed by atoms with van der Waals surface area (Å²) in [5, 5.41) is 10.5. The molecule has 0 unspecified atom stereocenters. The van der Waals surface area contributed by atoms with Gasteiger partial charge in [-0.2, -0.15) is 0 Å². The number of hydrogen-bond donors (Lipinski definition) is 2. The van der Waals surface area contributed by atoms with Gasteiger partial charge in [0.05, 0.1) is 16.2 Å². The third-order valence-corrected chi connectivity index (χ3v) is 5.62. The van der Waals surface area contributed by atoms with E-state index in [1.54, 1.807) is 12.1 Å². The molecule has 1 aliphatic rings. The van der Waals surface area contributed by atoms with Gasteiger partial charge in [0.15, 0.2) is 0 Å². The molecule has 0 bridgehead atoms. The van der Waals surface area contributed by atoms with Crippen LogP contribution in [0.3, 0.4) is 0 Å². The van der Waals surface area contributed by atoms with Gasteiger partial charge in [0, 0.05) is 6.54 Å². The predicted octanol–water partition coefficient (Wildman–Crippen LogP) is 2.65. The van der Waals surface area contributed by atoms with Crippen LogP contribution in [0.1, 0.15) is 18.6 Å². The molecular formula is C15H15ClFNO4S. The number of rotatable bonds is 6. The Kier molecular flexibility index (Phi) is 4.22. The molecule has 0 radical (unpaired) electrons. The molecule has 0 aliphatic heterocycles. The van der Waals surface area contributed by atoms with Crippen molar-refractivity contribution < 1.29 is 22.3 Å². The molecule has 5 nitrogen and oxygen atoms in total. The molecule has 0 spiro atoms. The Morgan fingerprint density at radius 3 is 2.70 bits per heavy atom. The highest BCUT2D eigenvalue weighted by Crippen LogP contribution is 2.45. The van der Waals surface area contributed by atoms with Crippen LogP contribution in [0, 0.1) is 11.7 Å². The van der Waals surface area contributed by atoms with Crippen molar-refractivity contribution in [2.75, 3.05) is 6.54 Å². The lowest BCUT2D eigenvalue weighted by atomic mass is 9.95. The summed E-state index contributed by atoms with van der Waals surface area (Å²) in [4.78, 5) is -0.165. The van der Waals surface area contributed by atoms with E-state index in [1.165, 1.54) is 6.26 Å². The molecule has 1 aromatic heterocycles. The van der Waals surface area contributed by atoms with Gasteiger partial charge in [-0.15, -0.1) is 0 Å². The van der Waals surface area contributed by atoms with Gasteiger partial charge in [0.1, 0.15) is 17.2 Å². The number of sulfonamides is 1. The molecule has 1 aliphatic carbocycles. The third kappa shape index (κ3) is 3.28. The zero-order valence-electron chi connectivity index (χ0n) is 12.0. The molecule has 0 saturated heterocycles. The van der Waals surface area contributed by atoms with Gasteiger partial charge in [0.25, 0.3) is 0 Å². The van der Waals surface area contributed by atoms with Gasteiger partial charge in [-0.25, -0.2) is 17.5 Å². The van der Waals surface area contributed by atoms with E-state index in [-0.39, 0.29) is 22.4 Å². The first-order chi connectivity index (χ1) is 10.8. The van der Waals surface area contributed by atoms with Crippen LogP contribution in [-0.4, -0.2) is 20.1 Å². The number of nitrogens with one attached hydrogen (secondary N) is 1. The quantitative estimate of drug-likeness (QED) is 0.831. The van der Waals surface area contributed by atoms with Crippen molar-refractivity contribution >= 4 is 21.6 Å². The first-order valence-electron chi connectivity index (χ1n) is 7.04. The van der Waals surface area contributed by atoms with Crippen molar-refractivity contribution in [1.29, 1.82) is 0 Å². The first-order valence-corrected chi connectivity index (χ1v) is 8.90. The smallest absolute Gasteiger partial charge is 0.240 e. The molecule has 0 amide bonds. The largest absolute Gasteiger partial charge is 0.466 e. The zero-order chi connectivity index (χ0) is 16.7. The molecule has 1 saturated carbocycles. The van der Waals surface area contributed by atoms with Crippen molar-refractivity contribution in [3.8, 4) is 0 Å². The normalized spacial score (nSPS) is 17.9. The van der Waals surface area contributed by atoms with Crippen LogP contribution in [0.25, 0.3) is 0 Å². The van der Waals surface area contributed by atoms with Crippen LogP contribution >= 0.6 is 11.6 Å². The number of aliphatic hydroxyl groups is 1. The summed E-state index contributed by atoms with van der Waals surface area (Å²) in [6.45, 7) is -0.234. The van der Waals surface area contributed by atoms with E-state index in [4.69, 9.17) is 16.0 Å². The average molecular weight is 360 g/mol. The Morgan fingerprint density at radius 2 is 2.13 bits per heavy atom. The van der Waals surface area contributed by atoms with Crippen LogP contribution in [0.2, 0.25) is 5.02 Å². The average Bonchev–Trinajstić information content (AvgIpc) is 3.23. The summed E-state index contributed by atoms with van der Waals surface area (Å²) < 4.78 is 45.4. The second kappa shape index (κ2) is 5.90. The maximum absolute atomic E-state index is 13.2. The molecule has 1 atom stereocenters. The minimum absolute atomic E-state index is 0.0619. The summed E-state index contributed by atoms with van der Waals surface area (Å²) >= 11 is 5.62. The maximum Gasteiger partial charge on any atom is 0.240 e. The number of furan rings is 1. The Hall–Kier alpha value is -1.41. The Balaban J connectivity index is 1.81. The second-order valence-corrected chi connectivity index (χ2v) is 7.75. The molecule has 2 N–H and O–H groups in total. The van der Waals surface area contributed by atoms with Gasteiger partial charge in [-0.05, 0) is 49.1 Å². The van der Waals surface area contributed by atoms with Crippen molar-refractivity contribution in [1.82, 2.24) is 4.72 Å². The third-order valence-electron chi connectivity index (χ3n) is 3.93. The maximum atomic E-state index is 13.2. The van der Waals surface area contributed by atoms with E-state index in [9.17, 15) is 17.9 Å². The monoisotopic (exact) mass is 359 g/mol. The number of hydrogen-bond acceptors (Lipinski definition) is 4. The summed E-state index contributed by atoms with van der Waals surface area (Å²) in [5.74, 6) is -0.441. The van der Waals surface area contributed by atoms with E-state index < -0.39 is 21.4 Å². The Labute approximate surface area is 138 Å². The van der Waals surface area contributed by atoms with Gasteiger partial charge in [-0.1, -0.05) is 11.6 Å². The van der Waals surface area contributed by atoms with E-state index in [0.717, 1.165) is 31.0 Å². The van der Waals surface area contributed by atoms with Crippen LogP contribution in [0.15, 0.2) is 45.9 Å². The fraction of sp³-hybridized carbons (Fsp3) is 0.333. The van der Waals surface area contributed by atoms with Crippen LogP contribution in [0.4, 0.5) is 4.39 Å². The van der Waals surface area contributed by atoms with Crippen LogP contribution in [-0.2, 0) is 15.6 Å². The molecule has 8 heteroatoms. The van der Waals surface area contributed by atoms with E-state index in [1.807, 2.05) is 0 Å². The SMILES string of the molecule is O=S(=O)(NC[C@](O)(c1ccco1)C1CC1)c1ccc(F)c(Cl)c1. The van der Waals surface area contributed by atoms with Crippen LogP contribution in [0.5, 0.6) is 0 Å². The predicted molar refractivity (Wildman–Crippen MR) is 81.9 cm³/mol. The molecule has 2 aromatic rings. The summed E-state index contributed by atoms with van der Waals surface area (Å²) in [6, 6.07) is 6.38. The van der Waals surface area contributed by atoms with Crippen molar-refractivity contribution in [2.24, 2.45) is 5.92 Å². The van der Waals surface area contributed by atoms with Crippen molar-refractivity contribution in [2.45, 2.75) is 23.3 Å². The first kappa shape index (κ1) is 16.4. The lowest BCUT2D eigenvalue weighted by Gasteiger charge is -2.26. The van der Waals surface area contributed by atoms with E-state index in [2.05, 4.69) is 4.72 Å². The highest BCUT2D eigenvalue weighted by Gasteiger charge is 2.47. The van der Waals surface area contributed by atoms with Crippen LogP contribution < -0.4 is 4.72 Å². The Bertz CT molecular complexity index is 805. The molecule has 1 fully saturated rings. The lowest BCUT2D eigenvalue weighted by Crippen LogP contribution is -2.42. The number of benzene rings is 1. The van der Waals surface area contributed by atoms with E-state index in [0.29, 0.717) is 5.76 Å². The highest BCUT2D eigenvalue weighted by molar-refractivity contribution is 7.89. The van der Waals surface area contributed by atoms with Gasteiger partial charge in [-0.3, -0.25) is 0 Å². The fourth-order valence-electron chi connectivity index (χ4n) is 2.45.